The minimum atomic E-state index is 0.0879. The monoisotopic (exact) mass is 521 g/mol. The minimum absolute atomic E-state index is 0.0879. The first-order valence-corrected chi connectivity index (χ1v) is 12.4. The van der Waals surface area contributed by atoms with E-state index >= 15 is 0 Å². The number of aromatic nitrogens is 2. The number of benzene rings is 2. The molecule has 1 aliphatic rings. The van der Waals surface area contributed by atoms with Crippen molar-refractivity contribution in [3.63, 3.8) is 0 Å². The first-order chi connectivity index (χ1) is 18.0. The Labute approximate surface area is 221 Å². The third-order valence-corrected chi connectivity index (χ3v) is 6.42. The van der Waals surface area contributed by atoms with Crippen LogP contribution in [0.15, 0.2) is 42.5 Å². The van der Waals surface area contributed by atoms with Gasteiger partial charge in [-0.15, -0.1) is 0 Å². The summed E-state index contributed by atoms with van der Waals surface area (Å²) in [4.78, 5) is 7.00. The van der Waals surface area contributed by atoms with Crippen molar-refractivity contribution in [2.75, 3.05) is 47.1 Å². The van der Waals surface area contributed by atoms with Crippen LogP contribution in [0.25, 0.3) is 24.3 Å². The Morgan fingerprint density at radius 2 is 1.46 bits per heavy atom. The van der Waals surface area contributed by atoms with E-state index in [-0.39, 0.29) is 11.5 Å². The van der Waals surface area contributed by atoms with E-state index in [0.29, 0.717) is 28.5 Å². The van der Waals surface area contributed by atoms with Gasteiger partial charge in [0, 0.05) is 31.9 Å². The predicted molar refractivity (Wildman–Crippen MR) is 147 cm³/mol. The summed E-state index contributed by atoms with van der Waals surface area (Å²) in [7, 11) is 3.04. The summed E-state index contributed by atoms with van der Waals surface area (Å²) in [6, 6.07) is 12.3. The van der Waals surface area contributed by atoms with Gasteiger partial charge in [-0.3, -0.25) is 4.90 Å². The lowest BCUT2D eigenvalue weighted by Crippen LogP contribution is -2.38. The number of rotatable bonds is 9. The van der Waals surface area contributed by atoms with Gasteiger partial charge in [-0.25, -0.2) is 4.98 Å². The Bertz CT molecular complexity index is 1350. The van der Waals surface area contributed by atoms with Crippen LogP contribution in [0.2, 0.25) is 0 Å². The van der Waals surface area contributed by atoms with Crippen molar-refractivity contribution in [1.29, 1.82) is 0 Å². The Morgan fingerprint density at radius 3 is 2.05 bits per heavy atom. The minimum Gasteiger partial charge on any atom is -0.504 e. The summed E-state index contributed by atoms with van der Waals surface area (Å²) < 4.78 is 18.4. The summed E-state index contributed by atoms with van der Waals surface area (Å²) in [5.41, 5.74) is 3.36. The maximum absolute atomic E-state index is 9.91. The van der Waals surface area contributed by atoms with Gasteiger partial charge >= 0.3 is 0 Å². The van der Waals surface area contributed by atoms with Crippen LogP contribution in [0.5, 0.6) is 23.0 Å². The molecular formula is C28H31N3O5S. The molecule has 194 valence electrons. The fraction of sp³-hybridized carbons (Fsp3) is 0.286. The molecule has 1 fully saturated rings. The summed E-state index contributed by atoms with van der Waals surface area (Å²) in [6.07, 6.45) is 7.73. The molecule has 4 rings (SSSR count). The van der Waals surface area contributed by atoms with Gasteiger partial charge in [-0.1, -0.05) is 24.3 Å². The second kappa shape index (κ2) is 12.5. The van der Waals surface area contributed by atoms with Gasteiger partial charge in [0.05, 0.1) is 33.1 Å². The van der Waals surface area contributed by atoms with Crippen LogP contribution < -0.4 is 9.47 Å². The highest BCUT2D eigenvalue weighted by Gasteiger charge is 2.12. The zero-order valence-electron chi connectivity index (χ0n) is 21.0. The third-order valence-electron chi connectivity index (χ3n) is 6.11. The normalized spacial score (nSPS) is 14.4. The van der Waals surface area contributed by atoms with Crippen molar-refractivity contribution in [3.05, 3.63) is 69.8 Å². The molecule has 1 aliphatic heterocycles. The third kappa shape index (κ3) is 6.97. The zero-order chi connectivity index (χ0) is 26.2. The van der Waals surface area contributed by atoms with E-state index in [9.17, 15) is 10.2 Å². The van der Waals surface area contributed by atoms with E-state index in [0.717, 1.165) is 49.7 Å². The van der Waals surface area contributed by atoms with Crippen LogP contribution in [0.4, 0.5) is 0 Å². The average molecular weight is 522 g/mol. The molecule has 0 unspecified atom stereocenters. The van der Waals surface area contributed by atoms with Gasteiger partial charge < -0.3 is 29.0 Å². The van der Waals surface area contributed by atoms with Crippen LogP contribution in [0.1, 0.15) is 22.5 Å². The van der Waals surface area contributed by atoms with Crippen LogP contribution in [0.3, 0.4) is 0 Å². The highest BCUT2D eigenvalue weighted by molar-refractivity contribution is 7.71. The van der Waals surface area contributed by atoms with E-state index in [1.165, 1.54) is 14.2 Å². The molecule has 0 spiro atoms. The molecule has 2 aromatic carbocycles. The van der Waals surface area contributed by atoms with Gasteiger partial charge in [0.25, 0.3) is 0 Å². The van der Waals surface area contributed by atoms with Gasteiger partial charge in [0.15, 0.2) is 23.0 Å². The number of phenolic OH excluding ortho intramolecular Hbond substituents is 2. The Balaban J connectivity index is 1.64. The maximum atomic E-state index is 9.91. The van der Waals surface area contributed by atoms with Gasteiger partial charge in [0.2, 0.25) is 4.77 Å². The zero-order valence-corrected chi connectivity index (χ0v) is 21.8. The Morgan fingerprint density at radius 1 is 0.865 bits per heavy atom. The van der Waals surface area contributed by atoms with Crippen molar-refractivity contribution in [2.45, 2.75) is 6.54 Å². The number of hydrogen-bond donors (Lipinski definition) is 2. The van der Waals surface area contributed by atoms with Crippen molar-refractivity contribution in [2.24, 2.45) is 0 Å². The number of methoxy groups -OCH3 is 2. The first kappa shape index (κ1) is 26.4. The quantitative estimate of drug-likeness (QED) is 0.391. The summed E-state index contributed by atoms with van der Waals surface area (Å²) in [6.45, 7) is 4.82. The maximum Gasteiger partial charge on any atom is 0.200 e. The molecule has 2 heterocycles. The van der Waals surface area contributed by atoms with Gasteiger partial charge in [0.1, 0.15) is 0 Å². The van der Waals surface area contributed by atoms with Gasteiger partial charge in [-0.2, -0.15) is 0 Å². The van der Waals surface area contributed by atoms with E-state index < -0.39 is 0 Å². The smallest absolute Gasteiger partial charge is 0.200 e. The molecule has 0 bridgehead atoms. The van der Waals surface area contributed by atoms with E-state index in [1.54, 1.807) is 30.3 Å². The molecule has 1 saturated heterocycles. The standard InChI is InChI=1S/C28H31N3O5S/c1-34-26-17-20(5-9-24(26)32)3-7-22-19-23(8-4-21-6-10-25(33)27(18-21)35-2)31(28(37)29-22)12-11-30-13-15-36-16-14-30/h3-10,17-19,32-33H,11-16H2,1-2H3/b7-3+,8-4+. The lowest BCUT2D eigenvalue weighted by Gasteiger charge is -2.27. The molecule has 3 aromatic rings. The van der Waals surface area contributed by atoms with Crippen LogP contribution >= 0.6 is 12.2 Å². The molecule has 8 nitrogen and oxygen atoms in total. The van der Waals surface area contributed by atoms with Crippen LogP contribution in [0, 0.1) is 4.77 Å². The molecule has 0 amide bonds. The Kier molecular flexibility index (Phi) is 8.95. The van der Waals surface area contributed by atoms with Crippen molar-refractivity contribution in [1.82, 2.24) is 14.5 Å². The van der Waals surface area contributed by atoms with E-state index in [1.807, 2.05) is 41.0 Å². The molecule has 0 aliphatic carbocycles. The lowest BCUT2D eigenvalue weighted by molar-refractivity contribution is 0.0363. The number of ether oxygens (including phenoxy) is 3. The molecule has 9 heteroatoms. The second-order valence-corrected chi connectivity index (χ2v) is 8.89. The highest BCUT2D eigenvalue weighted by atomic mass is 32.1. The lowest BCUT2D eigenvalue weighted by atomic mass is 10.1. The molecule has 0 atom stereocenters. The van der Waals surface area contributed by atoms with E-state index in [4.69, 9.17) is 26.4 Å². The molecule has 0 radical (unpaired) electrons. The largest absolute Gasteiger partial charge is 0.504 e. The highest BCUT2D eigenvalue weighted by Crippen LogP contribution is 2.28. The number of aromatic hydroxyl groups is 2. The fourth-order valence-corrected chi connectivity index (χ4v) is 4.32. The summed E-state index contributed by atoms with van der Waals surface area (Å²) >= 11 is 5.70. The topological polar surface area (TPSA) is 89.2 Å². The van der Waals surface area contributed by atoms with Crippen molar-refractivity contribution in [3.8, 4) is 23.0 Å². The number of morpholine rings is 1. The molecule has 2 N–H and O–H groups in total. The second-order valence-electron chi connectivity index (χ2n) is 8.52. The SMILES string of the molecule is COc1cc(/C=C/c2cc(/C=C/c3ccc(O)c(OC)c3)n(CCN3CCOCC3)c(=S)n2)ccc1O. The number of phenols is 2. The van der Waals surface area contributed by atoms with Gasteiger partial charge in [-0.05, 0) is 65.8 Å². The Hall–Kier alpha value is -3.66. The summed E-state index contributed by atoms with van der Waals surface area (Å²) in [5.74, 6) is 0.996. The van der Waals surface area contributed by atoms with Crippen molar-refractivity contribution >= 4 is 36.5 Å². The number of hydrogen-bond acceptors (Lipinski definition) is 8. The molecular weight excluding hydrogens is 490 g/mol. The summed E-state index contributed by atoms with van der Waals surface area (Å²) in [5, 5.41) is 19.8. The van der Waals surface area contributed by atoms with Crippen LogP contribution in [-0.2, 0) is 11.3 Å². The van der Waals surface area contributed by atoms with Crippen molar-refractivity contribution < 1.29 is 24.4 Å². The average Bonchev–Trinajstić information content (AvgIpc) is 2.92. The van der Waals surface area contributed by atoms with E-state index in [2.05, 4.69) is 9.88 Å². The first-order valence-electron chi connectivity index (χ1n) is 12.0. The molecule has 0 saturated carbocycles. The molecule has 37 heavy (non-hydrogen) atoms. The number of nitrogens with zero attached hydrogens (tertiary/aromatic N) is 3. The van der Waals surface area contributed by atoms with Crippen LogP contribution in [-0.4, -0.2) is 71.7 Å². The fourth-order valence-electron chi connectivity index (χ4n) is 4.02. The molecule has 1 aromatic heterocycles. The predicted octanol–water partition coefficient (Wildman–Crippen LogP) is 4.71.